The first-order valence-electron chi connectivity index (χ1n) is 16.5. The maximum Gasteiger partial charge on any atom is 0.328 e. The molecule has 9 heteroatoms. The molecule has 4 aromatic rings. The Morgan fingerprint density at radius 1 is 0.956 bits per heavy atom. The number of hydrogen-bond donors (Lipinski definition) is 1. The van der Waals surface area contributed by atoms with E-state index in [9.17, 15) is 19.1 Å². The third kappa shape index (κ3) is 8.05. The number of nitrogens with zero attached hydrogens (tertiary/aromatic N) is 3. The van der Waals surface area contributed by atoms with Crippen LogP contribution >= 0.6 is 11.3 Å². The second-order valence-corrected chi connectivity index (χ2v) is 13.2. The van der Waals surface area contributed by atoms with E-state index in [2.05, 4.69) is 22.8 Å². The highest BCUT2D eigenvalue weighted by molar-refractivity contribution is 7.17. The van der Waals surface area contributed by atoms with Crippen molar-refractivity contribution in [1.29, 1.82) is 0 Å². The third-order valence-corrected chi connectivity index (χ3v) is 10.0. The topological polar surface area (TPSA) is 75.0 Å². The molecule has 2 aromatic heterocycles. The summed E-state index contributed by atoms with van der Waals surface area (Å²) in [5.74, 6) is -0.717. The van der Waals surface area contributed by atoms with E-state index in [1.807, 2.05) is 23.6 Å². The quantitative estimate of drug-likeness (QED) is 0.107. The van der Waals surface area contributed by atoms with Crippen LogP contribution in [0.15, 0.2) is 52.6 Å². The van der Waals surface area contributed by atoms with Crippen molar-refractivity contribution in [3.05, 3.63) is 69.6 Å². The number of fused-ring (bicyclic) bond motifs is 2. The second-order valence-electron chi connectivity index (χ2n) is 12.2. The van der Waals surface area contributed by atoms with Crippen LogP contribution in [-0.4, -0.2) is 60.4 Å². The van der Waals surface area contributed by atoms with E-state index in [1.165, 1.54) is 49.8 Å². The first kappa shape index (κ1) is 32.9. The van der Waals surface area contributed by atoms with Crippen LogP contribution in [0.2, 0.25) is 0 Å². The largest absolute Gasteiger partial charge is 0.507 e. The molecule has 1 atom stereocenters. The number of halogens is 1. The van der Waals surface area contributed by atoms with Crippen LogP contribution in [-0.2, 0) is 16.0 Å². The van der Waals surface area contributed by atoms with Gasteiger partial charge in [0.25, 0.3) is 5.56 Å². The maximum atomic E-state index is 14.3. The summed E-state index contributed by atoms with van der Waals surface area (Å²) in [6.07, 6.45) is 10.4. The van der Waals surface area contributed by atoms with E-state index in [1.54, 1.807) is 23.5 Å². The van der Waals surface area contributed by atoms with Gasteiger partial charge in [-0.3, -0.25) is 14.3 Å². The molecule has 0 amide bonds. The monoisotopic (exact) mass is 635 g/mol. The van der Waals surface area contributed by atoms with Crippen LogP contribution in [0.4, 0.5) is 10.1 Å². The highest BCUT2D eigenvalue weighted by Crippen LogP contribution is 2.33. The number of methoxy groups -OCH3 is 1. The van der Waals surface area contributed by atoms with E-state index in [0.717, 1.165) is 79.7 Å². The first-order valence-corrected chi connectivity index (χ1v) is 17.4. The van der Waals surface area contributed by atoms with Gasteiger partial charge in [0.05, 0.1) is 12.6 Å². The molecule has 1 N–H and O–H groups in total. The normalized spacial score (nSPS) is 14.8. The van der Waals surface area contributed by atoms with Gasteiger partial charge < -0.3 is 14.7 Å². The van der Waals surface area contributed by atoms with Gasteiger partial charge in [-0.05, 0) is 54.1 Å². The van der Waals surface area contributed by atoms with Crippen LogP contribution in [0.25, 0.3) is 21.0 Å². The van der Waals surface area contributed by atoms with Crippen molar-refractivity contribution < 1.29 is 19.0 Å². The summed E-state index contributed by atoms with van der Waals surface area (Å²) in [6, 6.07) is 11.5. The summed E-state index contributed by atoms with van der Waals surface area (Å²) < 4.78 is 21.9. The molecule has 0 saturated carbocycles. The predicted molar refractivity (Wildman–Crippen MR) is 182 cm³/mol. The molecule has 2 aromatic carbocycles. The highest BCUT2D eigenvalue weighted by Gasteiger charge is 2.25. The fourth-order valence-corrected chi connectivity index (χ4v) is 7.42. The number of unbranched alkanes of at least 4 members (excludes halogenated alkanes) is 7. The van der Waals surface area contributed by atoms with E-state index >= 15 is 0 Å². The highest BCUT2D eigenvalue weighted by atomic mass is 32.1. The Balaban J connectivity index is 1.25. The number of carbonyl (C=O) groups excluding carboxylic acids is 1. The molecule has 1 fully saturated rings. The summed E-state index contributed by atoms with van der Waals surface area (Å²) in [6.45, 7) is 6.41. The average molecular weight is 636 g/mol. The van der Waals surface area contributed by atoms with Gasteiger partial charge in [0.15, 0.2) is 0 Å². The van der Waals surface area contributed by atoms with Crippen molar-refractivity contribution in [2.75, 3.05) is 44.7 Å². The minimum absolute atomic E-state index is 0.0818. The molecule has 3 heterocycles. The molecule has 7 nitrogen and oxygen atoms in total. The Bertz CT molecular complexity index is 1640. The van der Waals surface area contributed by atoms with Crippen LogP contribution in [0.3, 0.4) is 0 Å². The number of esters is 1. The minimum atomic E-state index is -0.744. The van der Waals surface area contributed by atoms with Crippen LogP contribution in [0.5, 0.6) is 5.75 Å². The van der Waals surface area contributed by atoms with Crippen LogP contribution in [0, 0.1) is 5.82 Å². The van der Waals surface area contributed by atoms with Crippen molar-refractivity contribution in [2.45, 2.75) is 77.2 Å². The van der Waals surface area contributed by atoms with Crippen LogP contribution in [0.1, 0.15) is 76.3 Å². The Morgan fingerprint density at radius 2 is 1.69 bits per heavy atom. The number of ether oxygens (including phenoxy) is 1. The van der Waals surface area contributed by atoms with E-state index in [-0.39, 0.29) is 11.6 Å². The van der Waals surface area contributed by atoms with Crippen molar-refractivity contribution >= 4 is 44.0 Å². The van der Waals surface area contributed by atoms with Gasteiger partial charge in [-0.25, -0.2) is 9.18 Å². The number of hydrogen-bond acceptors (Lipinski definition) is 7. The van der Waals surface area contributed by atoms with E-state index in [4.69, 9.17) is 4.74 Å². The van der Waals surface area contributed by atoms with Gasteiger partial charge >= 0.3 is 5.97 Å². The van der Waals surface area contributed by atoms with Gasteiger partial charge in [0.2, 0.25) is 0 Å². The predicted octanol–water partition coefficient (Wildman–Crippen LogP) is 7.67. The van der Waals surface area contributed by atoms with Gasteiger partial charge in [-0.15, -0.1) is 11.3 Å². The molecule has 0 spiro atoms. The van der Waals surface area contributed by atoms with Gasteiger partial charge in [0.1, 0.15) is 17.6 Å². The standard InChI is InChI=1S/C36H46FN3O4S/c1-3-4-5-6-7-8-9-10-11-30(36(43)44-2)40-32-22-26(12-13-28(32)33(41)25-35(40)42)14-16-38-17-19-39(20-18-38)31-23-27(37)24-34-29(31)15-21-45-34/h12-13,15,21-25,30,41H,3-11,14,16-20H2,1-2H3. The molecule has 1 aliphatic rings. The zero-order valence-corrected chi connectivity index (χ0v) is 27.4. The maximum absolute atomic E-state index is 14.3. The molecule has 1 unspecified atom stereocenters. The molecule has 0 radical (unpaired) electrons. The van der Waals surface area contributed by atoms with Gasteiger partial charge in [-0.1, -0.05) is 64.4 Å². The third-order valence-electron chi connectivity index (χ3n) is 9.16. The number of anilines is 1. The van der Waals surface area contributed by atoms with Crippen molar-refractivity contribution in [3.63, 3.8) is 0 Å². The zero-order chi connectivity index (χ0) is 31.8. The van der Waals surface area contributed by atoms with Gasteiger partial charge in [-0.2, -0.15) is 0 Å². The SMILES string of the molecule is CCCCCCCCCCC(C(=O)OC)n1c(=O)cc(O)c2ccc(CCN3CCN(c4cc(F)cc5sccc45)CC3)cc21. The number of thiophene rings is 1. The smallest absolute Gasteiger partial charge is 0.328 e. The zero-order valence-electron chi connectivity index (χ0n) is 26.6. The second kappa shape index (κ2) is 15.7. The number of piperazine rings is 1. The molecule has 242 valence electrons. The van der Waals surface area contributed by atoms with Crippen molar-refractivity contribution in [2.24, 2.45) is 0 Å². The lowest BCUT2D eigenvalue weighted by Gasteiger charge is -2.36. The number of benzene rings is 2. The summed E-state index contributed by atoms with van der Waals surface area (Å²) >= 11 is 1.56. The number of aromatic nitrogens is 1. The number of carbonyl (C=O) groups is 1. The number of pyridine rings is 1. The lowest BCUT2D eigenvalue weighted by molar-refractivity contribution is -0.144. The fourth-order valence-electron chi connectivity index (χ4n) is 6.59. The van der Waals surface area contributed by atoms with Crippen LogP contribution < -0.4 is 10.5 Å². The average Bonchev–Trinajstić information content (AvgIpc) is 3.52. The van der Waals surface area contributed by atoms with Crippen molar-refractivity contribution in [1.82, 2.24) is 9.47 Å². The molecule has 1 saturated heterocycles. The molecular weight excluding hydrogens is 589 g/mol. The first-order chi connectivity index (χ1) is 21.9. The fraction of sp³-hybridized carbons (Fsp3) is 0.500. The Kier molecular flexibility index (Phi) is 11.5. The Hall–Kier alpha value is -3.43. The minimum Gasteiger partial charge on any atom is -0.507 e. The molecule has 1 aliphatic heterocycles. The molecule has 0 aliphatic carbocycles. The summed E-state index contributed by atoms with van der Waals surface area (Å²) in [5.41, 5.74) is 2.15. The Morgan fingerprint density at radius 3 is 2.42 bits per heavy atom. The number of aromatic hydroxyl groups is 1. The van der Waals surface area contributed by atoms with Gasteiger partial charge in [0, 0.05) is 59.9 Å². The van der Waals surface area contributed by atoms with E-state index < -0.39 is 17.6 Å². The lowest BCUT2D eigenvalue weighted by Crippen LogP contribution is -2.47. The van der Waals surface area contributed by atoms with Crippen molar-refractivity contribution in [3.8, 4) is 5.75 Å². The Labute approximate surface area is 269 Å². The molecule has 5 rings (SSSR count). The molecular formula is C36H46FN3O4S. The summed E-state index contributed by atoms with van der Waals surface area (Å²) in [4.78, 5) is 30.9. The number of rotatable bonds is 15. The molecule has 45 heavy (non-hydrogen) atoms. The summed E-state index contributed by atoms with van der Waals surface area (Å²) in [5, 5.41) is 14.3. The summed E-state index contributed by atoms with van der Waals surface area (Å²) in [7, 11) is 1.36. The lowest BCUT2D eigenvalue weighted by atomic mass is 10.0. The molecule has 0 bridgehead atoms. The van der Waals surface area contributed by atoms with E-state index in [0.29, 0.717) is 17.3 Å².